The van der Waals surface area contributed by atoms with Crippen molar-refractivity contribution >= 4 is 39.5 Å². The van der Waals surface area contributed by atoms with Gasteiger partial charge in [-0.05, 0) is 37.1 Å². The van der Waals surface area contributed by atoms with E-state index in [1.54, 1.807) is 23.8 Å². The van der Waals surface area contributed by atoms with Crippen molar-refractivity contribution in [3.05, 3.63) is 63.5 Å². The Morgan fingerprint density at radius 1 is 1.21 bits per heavy atom. The van der Waals surface area contributed by atoms with Gasteiger partial charge in [-0.25, -0.2) is 4.52 Å². The molecule has 1 saturated heterocycles. The van der Waals surface area contributed by atoms with Gasteiger partial charge in [0.25, 0.3) is 17.5 Å². The molecule has 11 heteroatoms. The van der Waals surface area contributed by atoms with E-state index in [1.807, 2.05) is 34.5 Å². The Balaban J connectivity index is 1.42. The molecule has 0 unspecified atom stereocenters. The van der Waals surface area contributed by atoms with Crippen LogP contribution in [0.3, 0.4) is 0 Å². The number of nitro benzene ring substituents is 1. The second-order valence-electron chi connectivity index (χ2n) is 7.56. The summed E-state index contributed by atoms with van der Waals surface area (Å²) in [5.74, 6) is 0.307. The number of hydrogen-bond donors (Lipinski definition) is 1. The lowest BCUT2D eigenvalue weighted by Gasteiger charge is -2.17. The van der Waals surface area contributed by atoms with E-state index in [0.717, 1.165) is 37.2 Å². The molecule has 5 rings (SSSR count). The molecule has 0 radical (unpaired) electrons. The number of ether oxygens (including phenoxy) is 1. The molecular weight excluding hydrogens is 444 g/mol. The molecule has 0 bridgehead atoms. The van der Waals surface area contributed by atoms with Gasteiger partial charge in [-0.2, -0.15) is 4.98 Å². The highest BCUT2D eigenvalue weighted by molar-refractivity contribution is 7.15. The average molecular weight is 465 g/mol. The number of thiazole rings is 1. The standard InChI is InChI=1S/C22H20N6O4S/c1-32-19-7-3-2-6-15(19)18-13-33-22-24-21(25-27(18)22)23-20(29)14-8-9-16(17(12-14)28(30)31)26-10-4-5-11-26/h2-3,6-9,12-13H,4-5,10-11H2,1H3,(H,23,25,29). The monoisotopic (exact) mass is 464 g/mol. The molecular formula is C22H20N6O4S. The summed E-state index contributed by atoms with van der Waals surface area (Å²) in [6, 6.07) is 12.1. The third-order valence-electron chi connectivity index (χ3n) is 5.57. The van der Waals surface area contributed by atoms with Crippen LogP contribution in [0.25, 0.3) is 16.2 Å². The van der Waals surface area contributed by atoms with Gasteiger partial charge in [-0.1, -0.05) is 12.1 Å². The van der Waals surface area contributed by atoms with Crippen LogP contribution in [0.1, 0.15) is 23.2 Å². The number of carbonyl (C=O) groups excluding carboxylic acids is 1. The molecule has 0 aliphatic carbocycles. The van der Waals surface area contributed by atoms with E-state index >= 15 is 0 Å². The van der Waals surface area contributed by atoms with Gasteiger partial charge in [0.2, 0.25) is 4.96 Å². The first kappa shape index (κ1) is 20.9. The number of methoxy groups -OCH3 is 1. The molecule has 1 N–H and O–H groups in total. The zero-order valence-corrected chi connectivity index (χ0v) is 18.5. The molecule has 10 nitrogen and oxygen atoms in total. The maximum atomic E-state index is 12.8. The van der Waals surface area contributed by atoms with Crippen molar-refractivity contribution < 1.29 is 14.5 Å². The number of amides is 1. The molecule has 2 aromatic heterocycles. The molecule has 1 aliphatic rings. The maximum Gasteiger partial charge on any atom is 0.293 e. The van der Waals surface area contributed by atoms with E-state index in [2.05, 4.69) is 15.4 Å². The van der Waals surface area contributed by atoms with E-state index < -0.39 is 10.8 Å². The number of para-hydroxylation sites is 1. The molecule has 1 fully saturated rings. The lowest BCUT2D eigenvalue weighted by molar-refractivity contribution is -0.384. The van der Waals surface area contributed by atoms with Crippen LogP contribution >= 0.6 is 11.3 Å². The van der Waals surface area contributed by atoms with Crippen LogP contribution in [-0.2, 0) is 0 Å². The molecule has 0 atom stereocenters. The van der Waals surface area contributed by atoms with Gasteiger partial charge < -0.3 is 9.64 Å². The topological polar surface area (TPSA) is 115 Å². The Hall–Kier alpha value is -3.99. The largest absolute Gasteiger partial charge is 0.496 e. The van der Waals surface area contributed by atoms with Crippen LogP contribution in [-0.4, -0.2) is 45.6 Å². The first-order valence-electron chi connectivity index (χ1n) is 10.4. The van der Waals surface area contributed by atoms with Crippen molar-refractivity contribution in [2.24, 2.45) is 0 Å². The number of nitrogens with one attached hydrogen (secondary N) is 1. The second kappa shape index (κ2) is 8.51. The number of anilines is 2. The van der Waals surface area contributed by atoms with Crippen LogP contribution in [0.2, 0.25) is 0 Å². The number of nitrogens with zero attached hydrogens (tertiary/aromatic N) is 5. The zero-order chi connectivity index (χ0) is 22.9. The van der Waals surface area contributed by atoms with Crippen molar-refractivity contribution in [3.8, 4) is 17.0 Å². The molecule has 0 spiro atoms. The van der Waals surface area contributed by atoms with Crippen molar-refractivity contribution in [1.82, 2.24) is 14.6 Å². The number of fused-ring (bicyclic) bond motifs is 1. The fraction of sp³-hybridized carbons (Fsp3) is 0.227. The summed E-state index contributed by atoms with van der Waals surface area (Å²) in [4.78, 5) is 31.0. The average Bonchev–Trinajstić information content (AvgIpc) is 3.56. The van der Waals surface area contributed by atoms with Crippen LogP contribution < -0.4 is 15.0 Å². The van der Waals surface area contributed by atoms with E-state index in [0.29, 0.717) is 16.4 Å². The quantitative estimate of drug-likeness (QED) is 0.335. The highest BCUT2D eigenvalue weighted by Crippen LogP contribution is 2.33. The smallest absolute Gasteiger partial charge is 0.293 e. The zero-order valence-electron chi connectivity index (χ0n) is 17.7. The van der Waals surface area contributed by atoms with Crippen LogP contribution in [0, 0.1) is 10.1 Å². The molecule has 1 amide bonds. The minimum atomic E-state index is -0.511. The number of benzene rings is 2. The Kier molecular flexibility index (Phi) is 5.38. The maximum absolute atomic E-state index is 12.8. The molecule has 0 saturated carbocycles. The minimum Gasteiger partial charge on any atom is -0.496 e. The third kappa shape index (κ3) is 3.87. The minimum absolute atomic E-state index is 0.0817. The number of carbonyl (C=O) groups is 1. The number of hydrogen-bond acceptors (Lipinski definition) is 8. The van der Waals surface area contributed by atoms with Gasteiger partial charge in [0.1, 0.15) is 11.4 Å². The summed E-state index contributed by atoms with van der Waals surface area (Å²) >= 11 is 1.38. The van der Waals surface area contributed by atoms with Crippen LogP contribution in [0.4, 0.5) is 17.3 Å². The van der Waals surface area contributed by atoms with Gasteiger partial charge in [0, 0.05) is 35.7 Å². The summed E-state index contributed by atoms with van der Waals surface area (Å²) in [5.41, 5.74) is 2.26. The lowest BCUT2D eigenvalue weighted by atomic mass is 10.1. The number of aromatic nitrogens is 3. The van der Waals surface area contributed by atoms with Gasteiger partial charge in [0.15, 0.2) is 0 Å². The fourth-order valence-electron chi connectivity index (χ4n) is 3.99. The molecule has 168 valence electrons. The van der Waals surface area contributed by atoms with E-state index in [1.165, 1.54) is 17.4 Å². The summed E-state index contributed by atoms with van der Waals surface area (Å²) in [7, 11) is 1.60. The van der Waals surface area contributed by atoms with Gasteiger partial charge in [0.05, 0.1) is 17.7 Å². The van der Waals surface area contributed by atoms with Crippen molar-refractivity contribution in [2.75, 3.05) is 30.4 Å². The summed E-state index contributed by atoms with van der Waals surface area (Å²) in [5, 5.41) is 20.6. The highest BCUT2D eigenvalue weighted by Gasteiger charge is 2.24. The van der Waals surface area contributed by atoms with Crippen LogP contribution in [0.15, 0.2) is 47.8 Å². The molecule has 4 aromatic rings. The van der Waals surface area contributed by atoms with E-state index in [-0.39, 0.29) is 17.2 Å². The second-order valence-corrected chi connectivity index (χ2v) is 8.40. The van der Waals surface area contributed by atoms with E-state index in [9.17, 15) is 14.9 Å². The predicted molar refractivity (Wildman–Crippen MR) is 125 cm³/mol. The predicted octanol–water partition coefficient (Wildman–Crippen LogP) is 4.23. The van der Waals surface area contributed by atoms with Gasteiger partial charge >= 0.3 is 0 Å². The SMILES string of the molecule is COc1ccccc1-c1csc2nc(NC(=O)c3ccc(N4CCCC4)c([N+](=O)[O-])c3)nn12. The Morgan fingerprint density at radius 3 is 2.76 bits per heavy atom. The number of nitro groups is 1. The summed E-state index contributed by atoms with van der Waals surface area (Å²) in [6.45, 7) is 1.55. The molecule has 2 aromatic carbocycles. The fourth-order valence-corrected chi connectivity index (χ4v) is 4.81. The van der Waals surface area contributed by atoms with Gasteiger partial charge in [-0.3, -0.25) is 20.2 Å². The first-order valence-corrected chi connectivity index (χ1v) is 11.3. The van der Waals surface area contributed by atoms with Crippen LogP contribution in [0.5, 0.6) is 5.75 Å². The lowest BCUT2D eigenvalue weighted by Crippen LogP contribution is -2.20. The first-order chi connectivity index (χ1) is 16.0. The van der Waals surface area contributed by atoms with Crippen molar-refractivity contribution in [3.63, 3.8) is 0 Å². The Labute approximate surface area is 192 Å². The van der Waals surface area contributed by atoms with Crippen molar-refractivity contribution in [2.45, 2.75) is 12.8 Å². The molecule has 1 aliphatic heterocycles. The van der Waals surface area contributed by atoms with Crippen molar-refractivity contribution in [1.29, 1.82) is 0 Å². The molecule has 33 heavy (non-hydrogen) atoms. The van der Waals surface area contributed by atoms with Gasteiger partial charge in [-0.15, -0.1) is 16.4 Å². The number of rotatable bonds is 6. The molecule has 3 heterocycles. The Morgan fingerprint density at radius 2 is 2.00 bits per heavy atom. The normalized spacial score (nSPS) is 13.4. The summed E-state index contributed by atoms with van der Waals surface area (Å²) in [6.07, 6.45) is 2.00. The Bertz CT molecular complexity index is 1360. The highest BCUT2D eigenvalue weighted by atomic mass is 32.1. The summed E-state index contributed by atoms with van der Waals surface area (Å²) < 4.78 is 7.08. The third-order valence-corrected chi connectivity index (χ3v) is 6.39. The van der Waals surface area contributed by atoms with E-state index in [4.69, 9.17) is 4.74 Å².